The van der Waals surface area contributed by atoms with E-state index in [1.165, 1.54) is 6.92 Å². The second-order valence-electron chi connectivity index (χ2n) is 28.8. The molecule has 5 aliphatic heterocycles. The highest BCUT2D eigenvalue weighted by Crippen LogP contribution is 2.76. The number of fused-ring (bicyclic) bond motifs is 7. The Morgan fingerprint density at radius 2 is 1.14 bits per heavy atom. The van der Waals surface area contributed by atoms with Crippen LogP contribution < -0.4 is 0 Å². The molecule has 4 saturated carbocycles. The first-order chi connectivity index (χ1) is 40.2. The first-order valence-corrected chi connectivity index (χ1v) is 30.7. The van der Waals surface area contributed by atoms with Gasteiger partial charge in [0.2, 0.25) is 6.29 Å². The summed E-state index contributed by atoms with van der Waals surface area (Å²) >= 11 is 0. The highest BCUT2D eigenvalue weighted by molar-refractivity contribution is 5.80. The van der Waals surface area contributed by atoms with Gasteiger partial charge in [-0.15, -0.1) is 0 Å². The van der Waals surface area contributed by atoms with E-state index in [2.05, 4.69) is 54.5 Å². The quantitative estimate of drug-likeness (QED) is 0.0482. The van der Waals surface area contributed by atoms with Crippen LogP contribution in [0.1, 0.15) is 113 Å². The molecule has 27 heteroatoms. The van der Waals surface area contributed by atoms with Gasteiger partial charge in [0.25, 0.3) is 0 Å². The predicted octanol–water partition coefficient (Wildman–Crippen LogP) is -3.57. The van der Waals surface area contributed by atoms with Gasteiger partial charge in [-0.25, -0.2) is 0 Å². The minimum Gasteiger partial charge on any atom is -0.432 e. The lowest BCUT2D eigenvalue weighted by atomic mass is 9.33. The summed E-state index contributed by atoms with van der Waals surface area (Å²) < 4.78 is 58.7. The van der Waals surface area contributed by atoms with Crippen molar-refractivity contribution >= 4 is 5.97 Å². The van der Waals surface area contributed by atoms with Crippen LogP contribution in [0.3, 0.4) is 0 Å². The van der Waals surface area contributed by atoms with Gasteiger partial charge in [0.05, 0.1) is 44.7 Å². The Labute approximate surface area is 499 Å². The number of aliphatic hydroxyl groups is 16. The summed E-state index contributed by atoms with van der Waals surface area (Å²) in [6.07, 6.45) is -33.5. The number of esters is 1. The van der Waals surface area contributed by atoms with Gasteiger partial charge in [0.15, 0.2) is 25.2 Å². The van der Waals surface area contributed by atoms with Gasteiger partial charge in [0.1, 0.15) is 115 Å². The fourth-order valence-electron chi connectivity index (χ4n) is 17.7. The third kappa shape index (κ3) is 11.1. The summed E-state index contributed by atoms with van der Waals surface area (Å²) in [4.78, 5) is 15.3. The number of carbonyl (C=O) groups excluding carboxylic acids is 1. The summed E-state index contributed by atoms with van der Waals surface area (Å²) in [5, 5.41) is 174. The number of aliphatic hydroxyl groups excluding tert-OH is 16. The number of carbonyl (C=O) groups is 1. The van der Waals surface area contributed by atoms with E-state index in [1.54, 1.807) is 0 Å². The van der Waals surface area contributed by atoms with Gasteiger partial charge in [-0.2, -0.15) is 0 Å². The van der Waals surface area contributed by atoms with Crippen molar-refractivity contribution in [2.24, 2.45) is 50.2 Å². The molecular formula is C59H96O27. The third-order valence-corrected chi connectivity index (χ3v) is 23.1. The van der Waals surface area contributed by atoms with E-state index in [0.717, 1.165) is 24.8 Å². The largest absolute Gasteiger partial charge is 0.432 e. The molecule has 0 aromatic carbocycles. The van der Waals surface area contributed by atoms with Crippen LogP contribution >= 0.6 is 0 Å². The fraction of sp³-hybridized carbons (Fsp3) is 0.949. The van der Waals surface area contributed by atoms with Crippen LogP contribution in [0.2, 0.25) is 0 Å². The molecule has 5 aliphatic carbocycles. The molecular weight excluding hydrogens is 1140 g/mol. The number of hydrogen-bond donors (Lipinski definition) is 16. The maximum Gasteiger partial charge on any atom is 0.317 e. The number of ether oxygens (including phenoxy) is 10. The molecule has 0 aromatic heterocycles. The molecule has 9 fully saturated rings. The van der Waals surface area contributed by atoms with Crippen LogP contribution in [-0.4, -0.2) is 274 Å². The van der Waals surface area contributed by atoms with Gasteiger partial charge < -0.3 is 129 Å². The molecule has 16 N–H and O–H groups in total. The van der Waals surface area contributed by atoms with Crippen molar-refractivity contribution in [3.63, 3.8) is 0 Å². The molecule has 5 heterocycles. The zero-order chi connectivity index (χ0) is 62.9. The van der Waals surface area contributed by atoms with E-state index in [0.29, 0.717) is 25.7 Å². The van der Waals surface area contributed by atoms with Crippen molar-refractivity contribution in [3.05, 3.63) is 11.6 Å². The van der Waals surface area contributed by atoms with Gasteiger partial charge in [0, 0.05) is 0 Å². The van der Waals surface area contributed by atoms with Crippen molar-refractivity contribution < 1.29 is 134 Å². The first-order valence-electron chi connectivity index (χ1n) is 30.7. The van der Waals surface area contributed by atoms with Crippen LogP contribution in [-0.2, 0) is 52.2 Å². The highest BCUT2D eigenvalue weighted by Gasteiger charge is 2.72. The SMILES string of the molecule is CC1OC(OC2C(CO)OC(OCC3OC(OC(=O)C45CCC(C)(C)CC4C4=CCC6C7(C)CCC(OC8OCC(O)C(OC9OC(CO)C(O)C(O)C9O)C8O)C(C)(C)C7CCC6(C)C4(C)CC5O)C(O)C(O)C3O)C(O)C2O)C(O)C(O)C1O. The van der Waals surface area contributed by atoms with Crippen LogP contribution in [0, 0.1) is 50.2 Å². The molecule has 5 saturated heterocycles. The molecule has 10 aliphatic rings. The standard InChI is InChI=1S/C59H96O27/c1-23-34(64)37(67)41(71)50(79-23)85-47-28(20-61)81-48(44(74)40(47)70)78-22-29-36(66)39(69)43(73)52(82-29)86-53(76)59-16-15-54(2,3)17-25(59)24-9-10-31-56(6)13-12-33(55(4,5)30(56)11-14-57(31,7)58(24,8)18-32(59)63)83-49-45(75)46(26(62)21-77-49)84-51-42(72)38(68)35(65)27(19-60)80-51/h9,23,25-52,60-75H,10-22H2,1-8H3. The Morgan fingerprint density at radius 1 is 0.558 bits per heavy atom. The minimum absolute atomic E-state index is 0.0885. The number of rotatable bonds is 13. The third-order valence-electron chi connectivity index (χ3n) is 23.1. The molecule has 33 atom stereocenters. The van der Waals surface area contributed by atoms with E-state index in [9.17, 15) is 81.7 Å². The lowest BCUT2D eigenvalue weighted by molar-refractivity contribution is -0.361. The van der Waals surface area contributed by atoms with Crippen LogP contribution in [0.25, 0.3) is 0 Å². The summed E-state index contributed by atoms with van der Waals surface area (Å²) in [5.74, 6) is -1.20. The fourth-order valence-corrected chi connectivity index (χ4v) is 17.7. The Balaban J connectivity index is 0.825. The van der Waals surface area contributed by atoms with Gasteiger partial charge in [-0.05, 0) is 110 Å². The van der Waals surface area contributed by atoms with Gasteiger partial charge >= 0.3 is 5.97 Å². The first kappa shape index (κ1) is 67.1. The van der Waals surface area contributed by atoms with E-state index in [1.807, 2.05) is 0 Å². The Kier molecular flexibility index (Phi) is 19.2. The minimum atomic E-state index is -1.97. The topological polar surface area (TPSA) is 433 Å². The highest BCUT2D eigenvalue weighted by atomic mass is 16.8. The molecule has 0 aromatic rings. The summed E-state index contributed by atoms with van der Waals surface area (Å²) in [5.41, 5.74) is -2.55. The molecule has 27 nitrogen and oxygen atoms in total. The maximum absolute atomic E-state index is 15.3. The van der Waals surface area contributed by atoms with Crippen LogP contribution in [0.15, 0.2) is 11.6 Å². The summed E-state index contributed by atoms with van der Waals surface area (Å²) in [7, 11) is 0. The summed E-state index contributed by atoms with van der Waals surface area (Å²) in [6.45, 7) is 14.3. The summed E-state index contributed by atoms with van der Waals surface area (Å²) in [6, 6.07) is 0. The smallest absolute Gasteiger partial charge is 0.317 e. The van der Waals surface area contributed by atoms with Crippen molar-refractivity contribution in [2.75, 3.05) is 26.4 Å². The van der Waals surface area contributed by atoms with Crippen molar-refractivity contribution in [1.29, 1.82) is 0 Å². The van der Waals surface area contributed by atoms with Gasteiger partial charge in [-0.3, -0.25) is 4.79 Å². The molecule has 33 unspecified atom stereocenters. The Morgan fingerprint density at radius 3 is 1.80 bits per heavy atom. The molecule has 0 bridgehead atoms. The molecule has 0 radical (unpaired) electrons. The molecule has 86 heavy (non-hydrogen) atoms. The lowest BCUT2D eigenvalue weighted by Crippen LogP contribution is -2.68. The zero-order valence-electron chi connectivity index (χ0n) is 50.2. The predicted molar refractivity (Wildman–Crippen MR) is 289 cm³/mol. The van der Waals surface area contributed by atoms with Crippen molar-refractivity contribution in [1.82, 2.24) is 0 Å². The van der Waals surface area contributed by atoms with E-state index >= 15 is 4.79 Å². The van der Waals surface area contributed by atoms with Gasteiger partial charge in [-0.1, -0.05) is 60.1 Å². The number of hydrogen-bond acceptors (Lipinski definition) is 27. The zero-order valence-corrected chi connectivity index (χ0v) is 50.2. The lowest BCUT2D eigenvalue weighted by Gasteiger charge is -2.71. The maximum atomic E-state index is 15.3. The van der Waals surface area contributed by atoms with Crippen LogP contribution in [0.4, 0.5) is 0 Å². The average Bonchev–Trinajstić information content (AvgIpc) is 0.676. The van der Waals surface area contributed by atoms with Crippen molar-refractivity contribution in [2.45, 2.75) is 273 Å². The molecule has 0 amide bonds. The number of allylic oxidation sites excluding steroid dienone is 2. The Bertz CT molecular complexity index is 2400. The monoisotopic (exact) mass is 1240 g/mol. The van der Waals surface area contributed by atoms with E-state index in [4.69, 9.17) is 47.4 Å². The second kappa shape index (κ2) is 24.6. The molecule has 494 valence electrons. The second-order valence-corrected chi connectivity index (χ2v) is 28.8. The van der Waals surface area contributed by atoms with E-state index < -0.39 is 213 Å². The van der Waals surface area contributed by atoms with Crippen LogP contribution in [0.5, 0.6) is 0 Å². The normalized spacial score (nSPS) is 54.5. The molecule has 10 rings (SSSR count). The average molecular weight is 1240 g/mol. The molecule has 0 spiro atoms. The van der Waals surface area contributed by atoms with E-state index in [-0.39, 0.29) is 42.1 Å². The Hall–Kier alpha value is -1.79. The van der Waals surface area contributed by atoms with Crippen molar-refractivity contribution in [3.8, 4) is 0 Å².